The van der Waals surface area contributed by atoms with Crippen molar-refractivity contribution in [3.63, 3.8) is 0 Å². The molecule has 0 heterocycles. The summed E-state index contributed by atoms with van der Waals surface area (Å²) in [6.07, 6.45) is 1.09. The van der Waals surface area contributed by atoms with Gasteiger partial charge in [0.2, 0.25) is 11.8 Å². The van der Waals surface area contributed by atoms with Crippen LogP contribution in [-0.2, 0) is 16.1 Å². The molecule has 1 atom stereocenters. The number of benzene rings is 2. The fourth-order valence-electron chi connectivity index (χ4n) is 3.11. The highest BCUT2D eigenvalue weighted by Crippen LogP contribution is 2.22. The van der Waals surface area contributed by atoms with Crippen LogP contribution in [0.15, 0.2) is 53.4 Å². The van der Waals surface area contributed by atoms with Gasteiger partial charge in [-0.2, -0.15) is 0 Å². The first-order chi connectivity index (χ1) is 15.1. The summed E-state index contributed by atoms with van der Waals surface area (Å²) in [6.45, 7) is 7.92. The monoisotopic (exact) mass is 476 g/mol. The minimum atomic E-state index is -0.586. The average molecular weight is 477 g/mol. The van der Waals surface area contributed by atoms with E-state index in [1.54, 1.807) is 30.7 Å². The Labute approximate surface area is 200 Å². The van der Waals surface area contributed by atoms with Crippen molar-refractivity contribution in [2.45, 2.75) is 63.6 Å². The highest BCUT2D eigenvalue weighted by Gasteiger charge is 2.28. The summed E-state index contributed by atoms with van der Waals surface area (Å²) in [5.41, 5.74) is 0.550. The molecule has 0 saturated heterocycles. The molecule has 32 heavy (non-hydrogen) atoms. The van der Waals surface area contributed by atoms with Crippen LogP contribution in [0.4, 0.5) is 0 Å². The molecular weight excluding hydrogens is 444 g/mol. The molecule has 1 N–H and O–H groups in total. The van der Waals surface area contributed by atoms with Crippen molar-refractivity contribution in [2.75, 3.05) is 12.9 Å². The lowest BCUT2D eigenvalue weighted by Crippen LogP contribution is -2.52. The summed E-state index contributed by atoms with van der Waals surface area (Å²) in [4.78, 5) is 28.7. The maximum Gasteiger partial charge on any atom is 0.242 e. The zero-order chi connectivity index (χ0) is 23.7. The summed E-state index contributed by atoms with van der Waals surface area (Å²) >= 11 is 7.62. The Morgan fingerprint density at radius 1 is 1.16 bits per heavy atom. The van der Waals surface area contributed by atoms with Crippen molar-refractivity contribution in [3.05, 3.63) is 59.1 Å². The molecule has 0 aliphatic carbocycles. The average Bonchev–Trinajstić information content (AvgIpc) is 2.74. The molecule has 2 amide bonds. The molecule has 2 rings (SSSR count). The fraction of sp³-hybridized carbons (Fsp3) is 0.440. The SMILES string of the molecule is COc1cccc(CN(C(=O)CCCSc2ccc(Cl)cc2)C(C)C(=O)NC(C)(C)C)c1. The van der Waals surface area contributed by atoms with E-state index in [-0.39, 0.29) is 17.4 Å². The largest absolute Gasteiger partial charge is 0.497 e. The van der Waals surface area contributed by atoms with E-state index < -0.39 is 6.04 Å². The smallest absolute Gasteiger partial charge is 0.242 e. The first-order valence-electron chi connectivity index (χ1n) is 10.7. The number of nitrogens with zero attached hydrogens (tertiary/aromatic N) is 1. The number of hydrogen-bond donors (Lipinski definition) is 1. The lowest BCUT2D eigenvalue weighted by atomic mass is 10.1. The van der Waals surface area contributed by atoms with Crippen LogP contribution >= 0.6 is 23.4 Å². The maximum absolute atomic E-state index is 13.2. The predicted octanol–water partition coefficient (Wildman–Crippen LogP) is 5.55. The molecular formula is C25H33ClN2O3S. The zero-order valence-electron chi connectivity index (χ0n) is 19.5. The van der Waals surface area contributed by atoms with Crippen LogP contribution in [0.1, 0.15) is 46.1 Å². The second-order valence-corrected chi connectivity index (χ2v) is 10.3. The number of nitrogens with one attached hydrogen (secondary N) is 1. The van der Waals surface area contributed by atoms with Gasteiger partial charge in [0.15, 0.2) is 0 Å². The number of ether oxygens (including phenoxy) is 1. The van der Waals surface area contributed by atoms with Gasteiger partial charge in [0.25, 0.3) is 0 Å². The number of methoxy groups -OCH3 is 1. The van der Waals surface area contributed by atoms with Gasteiger partial charge in [-0.15, -0.1) is 11.8 Å². The minimum Gasteiger partial charge on any atom is -0.497 e. The van der Waals surface area contributed by atoms with E-state index in [4.69, 9.17) is 16.3 Å². The third kappa shape index (κ3) is 8.75. The molecule has 2 aromatic rings. The van der Waals surface area contributed by atoms with Crippen molar-refractivity contribution < 1.29 is 14.3 Å². The van der Waals surface area contributed by atoms with E-state index >= 15 is 0 Å². The van der Waals surface area contributed by atoms with E-state index in [2.05, 4.69) is 5.32 Å². The van der Waals surface area contributed by atoms with Crippen LogP contribution in [0.5, 0.6) is 5.75 Å². The van der Waals surface area contributed by atoms with Crippen LogP contribution in [0.25, 0.3) is 0 Å². The highest BCUT2D eigenvalue weighted by atomic mass is 35.5. The van der Waals surface area contributed by atoms with Crippen molar-refractivity contribution in [3.8, 4) is 5.75 Å². The summed E-state index contributed by atoms with van der Waals surface area (Å²) in [7, 11) is 1.61. The summed E-state index contributed by atoms with van der Waals surface area (Å²) in [6, 6.07) is 14.7. The summed E-state index contributed by atoms with van der Waals surface area (Å²) in [5, 5.41) is 3.69. The molecule has 0 aliphatic rings. The van der Waals surface area contributed by atoms with Gasteiger partial charge in [-0.25, -0.2) is 0 Å². The standard InChI is InChI=1S/C25H33ClN2O3S/c1-18(24(30)27-25(2,3)4)28(17-19-8-6-9-21(16-19)31-5)23(29)10-7-15-32-22-13-11-20(26)12-14-22/h6,8-9,11-14,16,18H,7,10,15,17H2,1-5H3,(H,27,30). The second-order valence-electron chi connectivity index (χ2n) is 8.69. The van der Waals surface area contributed by atoms with E-state index in [1.165, 1.54) is 0 Å². The number of amides is 2. The van der Waals surface area contributed by atoms with Crippen molar-refractivity contribution in [1.82, 2.24) is 10.2 Å². The number of carbonyl (C=O) groups excluding carboxylic acids is 2. The van der Waals surface area contributed by atoms with Crippen molar-refractivity contribution >= 4 is 35.2 Å². The molecule has 7 heteroatoms. The first kappa shape index (κ1) is 26.1. The Morgan fingerprint density at radius 3 is 2.47 bits per heavy atom. The molecule has 174 valence electrons. The molecule has 0 saturated carbocycles. The first-order valence-corrected chi connectivity index (χ1v) is 12.1. The van der Waals surface area contributed by atoms with Gasteiger partial charge in [0.1, 0.15) is 11.8 Å². The maximum atomic E-state index is 13.2. The van der Waals surface area contributed by atoms with E-state index in [0.29, 0.717) is 24.4 Å². The molecule has 0 spiro atoms. The number of halogens is 1. The second kappa shape index (κ2) is 12.2. The van der Waals surface area contributed by atoms with Gasteiger partial charge in [0.05, 0.1) is 7.11 Å². The van der Waals surface area contributed by atoms with Gasteiger partial charge in [0, 0.05) is 28.4 Å². The van der Waals surface area contributed by atoms with Crippen LogP contribution in [0, 0.1) is 0 Å². The molecule has 1 unspecified atom stereocenters. The normalized spacial score (nSPS) is 12.2. The third-order valence-corrected chi connectivity index (χ3v) is 6.12. The fourth-order valence-corrected chi connectivity index (χ4v) is 4.09. The van der Waals surface area contributed by atoms with Crippen LogP contribution < -0.4 is 10.1 Å². The van der Waals surface area contributed by atoms with Gasteiger partial charge in [-0.3, -0.25) is 9.59 Å². The number of thioether (sulfide) groups is 1. The predicted molar refractivity (Wildman–Crippen MR) is 132 cm³/mol. The Balaban J connectivity index is 2.05. The summed E-state index contributed by atoms with van der Waals surface area (Å²) in [5.74, 6) is 1.33. The Morgan fingerprint density at radius 2 is 1.84 bits per heavy atom. The quantitative estimate of drug-likeness (QED) is 0.360. The van der Waals surface area contributed by atoms with Gasteiger partial charge < -0.3 is 15.0 Å². The van der Waals surface area contributed by atoms with E-state index in [9.17, 15) is 9.59 Å². The van der Waals surface area contributed by atoms with Crippen molar-refractivity contribution in [2.24, 2.45) is 0 Å². The summed E-state index contributed by atoms with van der Waals surface area (Å²) < 4.78 is 5.31. The number of carbonyl (C=O) groups is 2. The van der Waals surface area contributed by atoms with E-state index in [1.807, 2.05) is 69.3 Å². The van der Waals surface area contributed by atoms with Crippen LogP contribution in [0.3, 0.4) is 0 Å². The molecule has 0 bridgehead atoms. The van der Waals surface area contributed by atoms with Gasteiger partial charge >= 0.3 is 0 Å². The molecule has 0 aliphatic heterocycles. The van der Waals surface area contributed by atoms with Gasteiger partial charge in [-0.1, -0.05) is 23.7 Å². The Bertz CT molecular complexity index is 897. The molecule has 0 radical (unpaired) electrons. The lowest BCUT2D eigenvalue weighted by molar-refractivity contribution is -0.141. The number of rotatable bonds is 10. The van der Waals surface area contributed by atoms with Crippen molar-refractivity contribution in [1.29, 1.82) is 0 Å². The Kier molecular flexibility index (Phi) is 9.91. The molecule has 5 nitrogen and oxygen atoms in total. The minimum absolute atomic E-state index is 0.0407. The molecule has 2 aromatic carbocycles. The van der Waals surface area contributed by atoms with Crippen LogP contribution in [0.2, 0.25) is 5.02 Å². The topological polar surface area (TPSA) is 58.6 Å². The third-order valence-electron chi connectivity index (χ3n) is 4.77. The lowest BCUT2D eigenvalue weighted by Gasteiger charge is -2.31. The molecule has 0 aromatic heterocycles. The highest BCUT2D eigenvalue weighted by molar-refractivity contribution is 7.99. The molecule has 0 fully saturated rings. The zero-order valence-corrected chi connectivity index (χ0v) is 21.1. The Hall–Kier alpha value is -2.18. The van der Waals surface area contributed by atoms with Crippen LogP contribution in [-0.4, -0.2) is 41.2 Å². The van der Waals surface area contributed by atoms with E-state index in [0.717, 1.165) is 22.0 Å². The number of hydrogen-bond acceptors (Lipinski definition) is 4. The van der Waals surface area contributed by atoms with Gasteiger partial charge in [-0.05, 0) is 81.8 Å².